The molecule has 0 amide bonds. The summed E-state index contributed by atoms with van der Waals surface area (Å²) in [5, 5.41) is 30.8. The number of benzene rings is 2. The number of unbranched alkanes of at least 4 members (excludes halogenated alkanes) is 8. The summed E-state index contributed by atoms with van der Waals surface area (Å²) in [6.07, 6.45) is 11.4. The van der Waals surface area contributed by atoms with Crippen LogP contribution in [0.2, 0.25) is 0 Å². The third kappa shape index (κ3) is 12.0. The SMILES string of the molecule is CN(CCCCCCCCCCC[N+](C)(CCO)C(O)Cc1ccccc1)C(O)Cc1ccccc1. The molecule has 5 nitrogen and oxygen atoms in total. The fourth-order valence-electron chi connectivity index (χ4n) is 4.89. The number of nitrogens with zero attached hydrogens (tertiary/aromatic N) is 2. The van der Waals surface area contributed by atoms with E-state index in [0.717, 1.165) is 31.5 Å². The molecule has 202 valence electrons. The highest BCUT2D eigenvalue weighted by molar-refractivity contribution is 5.15. The van der Waals surface area contributed by atoms with Gasteiger partial charge in [-0.1, -0.05) is 99.2 Å². The minimum absolute atomic E-state index is 0.101. The molecule has 0 saturated carbocycles. The smallest absolute Gasteiger partial charge is 0.194 e. The second-order valence-electron chi connectivity index (χ2n) is 10.7. The number of aliphatic hydroxyl groups excluding tert-OH is 3. The molecule has 0 aliphatic heterocycles. The van der Waals surface area contributed by atoms with E-state index >= 15 is 0 Å². The summed E-state index contributed by atoms with van der Waals surface area (Å²) < 4.78 is 0.514. The summed E-state index contributed by atoms with van der Waals surface area (Å²) >= 11 is 0. The van der Waals surface area contributed by atoms with Gasteiger partial charge in [0.25, 0.3) is 0 Å². The Morgan fingerprint density at radius 3 is 1.67 bits per heavy atom. The molecule has 0 aromatic heterocycles. The largest absolute Gasteiger partial charge is 0.391 e. The molecule has 3 atom stereocenters. The van der Waals surface area contributed by atoms with E-state index in [1.54, 1.807) is 0 Å². The van der Waals surface area contributed by atoms with E-state index in [9.17, 15) is 15.3 Å². The Kier molecular flexibility index (Phi) is 14.9. The van der Waals surface area contributed by atoms with Gasteiger partial charge in [-0.3, -0.25) is 9.38 Å². The van der Waals surface area contributed by atoms with Gasteiger partial charge in [0, 0.05) is 13.0 Å². The van der Waals surface area contributed by atoms with Crippen LogP contribution in [-0.2, 0) is 12.8 Å². The van der Waals surface area contributed by atoms with Crippen LogP contribution in [0.25, 0.3) is 0 Å². The van der Waals surface area contributed by atoms with E-state index in [4.69, 9.17) is 0 Å². The number of hydrogen-bond acceptors (Lipinski definition) is 4. The summed E-state index contributed by atoms with van der Waals surface area (Å²) in [4.78, 5) is 2.06. The minimum Gasteiger partial charge on any atom is -0.391 e. The molecule has 36 heavy (non-hydrogen) atoms. The van der Waals surface area contributed by atoms with Crippen LogP contribution in [0.3, 0.4) is 0 Å². The second kappa shape index (κ2) is 17.7. The Morgan fingerprint density at radius 1 is 0.667 bits per heavy atom. The number of rotatable bonds is 20. The number of likely N-dealkylation sites (N-methyl/N-ethyl adjacent to an activating group) is 2. The van der Waals surface area contributed by atoms with E-state index in [1.807, 2.05) is 43.4 Å². The highest BCUT2D eigenvalue weighted by Gasteiger charge is 2.30. The molecule has 0 saturated heterocycles. The van der Waals surface area contributed by atoms with Gasteiger partial charge < -0.3 is 15.3 Å². The van der Waals surface area contributed by atoms with Crippen LogP contribution in [0.15, 0.2) is 60.7 Å². The summed E-state index contributed by atoms with van der Waals surface area (Å²) in [7, 11) is 4.08. The average Bonchev–Trinajstić information content (AvgIpc) is 2.88. The van der Waals surface area contributed by atoms with Crippen molar-refractivity contribution >= 4 is 0 Å². The zero-order valence-corrected chi connectivity index (χ0v) is 22.8. The molecule has 5 heteroatoms. The molecule has 0 aliphatic carbocycles. The van der Waals surface area contributed by atoms with E-state index in [1.165, 1.54) is 50.5 Å². The van der Waals surface area contributed by atoms with Crippen LogP contribution in [0.1, 0.15) is 68.9 Å². The number of hydrogen-bond donors (Lipinski definition) is 3. The topological polar surface area (TPSA) is 63.9 Å². The second-order valence-corrected chi connectivity index (χ2v) is 10.7. The third-order valence-electron chi connectivity index (χ3n) is 7.54. The Hall–Kier alpha value is -1.76. The lowest BCUT2D eigenvalue weighted by atomic mass is 10.1. The van der Waals surface area contributed by atoms with Gasteiger partial charge in [-0.05, 0) is 37.4 Å². The first-order valence-corrected chi connectivity index (χ1v) is 14.0. The van der Waals surface area contributed by atoms with Crippen LogP contribution >= 0.6 is 0 Å². The van der Waals surface area contributed by atoms with Crippen LogP contribution in [0.5, 0.6) is 0 Å². The quantitative estimate of drug-likeness (QED) is 0.136. The van der Waals surface area contributed by atoms with Gasteiger partial charge in [0.1, 0.15) is 12.8 Å². The molecule has 2 rings (SSSR count). The summed E-state index contributed by atoms with van der Waals surface area (Å²) in [6.45, 7) is 2.53. The van der Waals surface area contributed by atoms with Gasteiger partial charge in [-0.2, -0.15) is 0 Å². The normalized spacial score (nSPS) is 15.1. The highest BCUT2D eigenvalue weighted by atomic mass is 16.3. The Morgan fingerprint density at radius 2 is 1.14 bits per heavy atom. The van der Waals surface area contributed by atoms with Gasteiger partial charge in [0.15, 0.2) is 6.23 Å². The molecule has 0 radical (unpaired) electrons. The molecule has 2 aromatic rings. The Balaban J connectivity index is 1.49. The molecule has 3 unspecified atom stereocenters. The molecule has 3 N–H and O–H groups in total. The van der Waals surface area contributed by atoms with Crippen molar-refractivity contribution in [2.45, 2.75) is 83.1 Å². The Labute approximate surface area is 220 Å². The fourth-order valence-corrected chi connectivity index (χ4v) is 4.89. The first-order chi connectivity index (χ1) is 17.4. The first-order valence-electron chi connectivity index (χ1n) is 14.0. The zero-order chi connectivity index (χ0) is 26.1. The maximum atomic E-state index is 10.9. The Bertz CT molecular complexity index is 789. The standard InChI is InChI=1S/C31H51N2O3/c1-32(30(35)26-28-18-12-10-13-19-28)22-16-8-6-4-3-5-7-9-17-23-33(2,24-25-34)31(36)27-29-20-14-11-15-21-29/h10-15,18-21,30-31,34-36H,3-9,16-17,22-27H2,1-2H3/q+1. The predicted octanol–water partition coefficient (Wildman–Crippen LogP) is 4.99. The van der Waals surface area contributed by atoms with Crippen LogP contribution in [-0.4, -0.2) is 77.5 Å². The zero-order valence-electron chi connectivity index (χ0n) is 22.8. The maximum Gasteiger partial charge on any atom is 0.194 e. The average molecular weight is 500 g/mol. The highest BCUT2D eigenvalue weighted by Crippen LogP contribution is 2.17. The molecule has 0 fully saturated rings. The molecule has 0 spiro atoms. The first kappa shape index (κ1) is 30.5. The molecule has 0 heterocycles. The molecule has 0 aliphatic rings. The van der Waals surface area contributed by atoms with Crippen LogP contribution in [0.4, 0.5) is 0 Å². The van der Waals surface area contributed by atoms with E-state index in [0.29, 0.717) is 23.9 Å². The lowest BCUT2D eigenvalue weighted by molar-refractivity contribution is -0.954. The molecule has 2 aromatic carbocycles. The monoisotopic (exact) mass is 499 g/mol. The van der Waals surface area contributed by atoms with Crippen molar-refractivity contribution in [3.8, 4) is 0 Å². The van der Waals surface area contributed by atoms with Crippen LogP contribution in [0, 0.1) is 0 Å². The lowest BCUT2D eigenvalue weighted by Crippen LogP contribution is -2.55. The van der Waals surface area contributed by atoms with Gasteiger partial charge in [-0.25, -0.2) is 0 Å². The van der Waals surface area contributed by atoms with Gasteiger partial charge in [-0.15, -0.1) is 0 Å². The van der Waals surface area contributed by atoms with Gasteiger partial charge in [0.05, 0.1) is 26.6 Å². The van der Waals surface area contributed by atoms with Crippen molar-refractivity contribution < 1.29 is 19.8 Å². The fraction of sp³-hybridized carbons (Fsp3) is 0.613. The van der Waals surface area contributed by atoms with Crippen molar-refractivity contribution in [3.63, 3.8) is 0 Å². The molecular weight excluding hydrogens is 448 g/mol. The van der Waals surface area contributed by atoms with Crippen molar-refractivity contribution in [1.29, 1.82) is 0 Å². The summed E-state index contributed by atoms with van der Waals surface area (Å²) in [6, 6.07) is 20.3. The van der Waals surface area contributed by atoms with Crippen molar-refractivity contribution in [3.05, 3.63) is 71.8 Å². The van der Waals surface area contributed by atoms with Gasteiger partial charge >= 0.3 is 0 Å². The van der Waals surface area contributed by atoms with E-state index < -0.39 is 12.5 Å². The van der Waals surface area contributed by atoms with Crippen LogP contribution < -0.4 is 0 Å². The predicted molar refractivity (Wildman–Crippen MR) is 149 cm³/mol. The van der Waals surface area contributed by atoms with Crippen molar-refractivity contribution in [1.82, 2.24) is 4.90 Å². The summed E-state index contributed by atoms with van der Waals surface area (Å²) in [5.41, 5.74) is 2.32. The minimum atomic E-state index is -0.488. The maximum absolute atomic E-state index is 10.9. The number of quaternary nitrogens is 1. The molecule has 0 bridgehead atoms. The number of aliphatic hydroxyl groups is 3. The lowest BCUT2D eigenvalue weighted by Gasteiger charge is -2.38. The van der Waals surface area contributed by atoms with Crippen molar-refractivity contribution in [2.75, 3.05) is 40.3 Å². The van der Waals surface area contributed by atoms with Crippen molar-refractivity contribution in [2.24, 2.45) is 0 Å². The van der Waals surface area contributed by atoms with E-state index in [2.05, 4.69) is 36.2 Å². The molecular formula is C31H51N2O3+. The van der Waals surface area contributed by atoms with Gasteiger partial charge in [0.2, 0.25) is 0 Å². The third-order valence-corrected chi connectivity index (χ3v) is 7.54. The summed E-state index contributed by atoms with van der Waals surface area (Å²) in [5.74, 6) is 0. The van der Waals surface area contributed by atoms with E-state index in [-0.39, 0.29) is 6.61 Å².